The van der Waals surface area contributed by atoms with Crippen molar-refractivity contribution in [2.75, 3.05) is 52.5 Å². The molecular weight excluding hydrogens is 380 g/mol. The van der Waals surface area contributed by atoms with E-state index < -0.39 is 0 Å². The molecule has 0 N–H and O–H groups in total. The summed E-state index contributed by atoms with van der Waals surface area (Å²) in [5.74, 6) is 14.4. The third-order valence-electron chi connectivity index (χ3n) is 4.83. The molecule has 5 aliphatic rings. The molecule has 29 heavy (non-hydrogen) atoms. The molecule has 5 aliphatic heterocycles. The van der Waals surface area contributed by atoms with Crippen molar-refractivity contribution in [1.29, 1.82) is 0 Å². The fraction of sp³-hybridized carbons (Fsp3) is 0.333. The van der Waals surface area contributed by atoms with Gasteiger partial charge in [0.25, 0.3) is 0 Å². The fourth-order valence-corrected chi connectivity index (χ4v) is 3.94. The molecule has 2 aromatic rings. The Morgan fingerprint density at radius 3 is 1.41 bits per heavy atom. The summed E-state index contributed by atoms with van der Waals surface area (Å²) in [4.78, 5) is 7.09. The molecule has 7 rings (SSSR count). The van der Waals surface area contributed by atoms with E-state index in [0.29, 0.717) is 13.2 Å². The van der Waals surface area contributed by atoms with Crippen LogP contribution in [0.3, 0.4) is 0 Å². The molecule has 0 aromatic heterocycles. The third-order valence-corrected chi connectivity index (χ3v) is 5.84. The molecule has 0 aliphatic carbocycles. The van der Waals surface area contributed by atoms with Gasteiger partial charge in [0.1, 0.15) is 24.7 Å². The van der Waals surface area contributed by atoms with Crippen LogP contribution in [0, 0.1) is 23.7 Å². The van der Waals surface area contributed by atoms with Crippen LogP contribution in [-0.2, 0) is 0 Å². The van der Waals surface area contributed by atoms with Crippen LogP contribution in [-0.4, -0.2) is 62.3 Å². The Labute approximate surface area is 177 Å². The minimum Gasteiger partial charge on any atom is -0.481 e. The van der Waals surface area contributed by atoms with Crippen LogP contribution in [0.25, 0.3) is 0 Å². The monoisotopic (exact) mass is 404 g/mol. The van der Waals surface area contributed by atoms with E-state index in [1.165, 1.54) is 9.79 Å². The SMILES string of the molecule is C1#CCN2CCN(CC#CCOc3ccc(cc3)Sc3ccc(cc3)OC1)CC2. The Morgan fingerprint density at radius 2 is 1.00 bits per heavy atom. The minimum atomic E-state index is 0.420. The van der Waals surface area contributed by atoms with E-state index in [-0.39, 0.29) is 0 Å². The van der Waals surface area contributed by atoms with Crippen molar-refractivity contribution in [3.63, 3.8) is 0 Å². The van der Waals surface area contributed by atoms with Gasteiger partial charge in [0.05, 0.1) is 13.1 Å². The van der Waals surface area contributed by atoms with E-state index in [2.05, 4.69) is 57.7 Å². The van der Waals surface area contributed by atoms with Gasteiger partial charge in [0.15, 0.2) is 0 Å². The first kappa shape index (κ1) is 19.7. The van der Waals surface area contributed by atoms with Gasteiger partial charge in [-0.05, 0) is 48.5 Å². The van der Waals surface area contributed by atoms with Gasteiger partial charge in [-0.25, -0.2) is 0 Å². The molecule has 148 valence electrons. The highest BCUT2D eigenvalue weighted by molar-refractivity contribution is 7.99. The van der Waals surface area contributed by atoms with Crippen molar-refractivity contribution in [3.05, 3.63) is 48.5 Å². The van der Waals surface area contributed by atoms with E-state index in [1.54, 1.807) is 11.8 Å². The average molecular weight is 405 g/mol. The second-order valence-corrected chi connectivity index (χ2v) is 8.03. The molecule has 0 amide bonds. The van der Waals surface area contributed by atoms with Crippen LogP contribution >= 0.6 is 11.8 Å². The van der Waals surface area contributed by atoms with Crippen molar-refractivity contribution in [1.82, 2.24) is 9.80 Å². The van der Waals surface area contributed by atoms with Gasteiger partial charge in [0, 0.05) is 36.0 Å². The van der Waals surface area contributed by atoms with Gasteiger partial charge in [0.2, 0.25) is 0 Å². The van der Waals surface area contributed by atoms with Gasteiger partial charge >= 0.3 is 0 Å². The number of nitrogens with zero attached hydrogens (tertiary/aromatic N) is 2. The van der Waals surface area contributed by atoms with Gasteiger partial charge in [-0.3, -0.25) is 9.80 Å². The van der Waals surface area contributed by atoms with Gasteiger partial charge in [-0.2, -0.15) is 0 Å². The highest BCUT2D eigenvalue weighted by atomic mass is 32.2. The van der Waals surface area contributed by atoms with Crippen LogP contribution in [0.2, 0.25) is 0 Å². The molecule has 0 spiro atoms. The maximum absolute atomic E-state index is 5.75. The molecule has 0 unspecified atom stereocenters. The summed E-state index contributed by atoms with van der Waals surface area (Å²) in [6.07, 6.45) is 0. The molecular formula is C24H24N2O2S. The highest BCUT2D eigenvalue weighted by Gasteiger charge is 2.14. The summed E-state index contributed by atoms with van der Waals surface area (Å²) in [6, 6.07) is 16.3. The maximum Gasteiger partial charge on any atom is 0.149 e. The maximum atomic E-state index is 5.75. The van der Waals surface area contributed by atoms with E-state index in [1.807, 2.05) is 24.3 Å². The molecule has 6 bridgehead atoms. The highest BCUT2D eigenvalue weighted by Crippen LogP contribution is 2.30. The summed E-state index contributed by atoms with van der Waals surface area (Å²) < 4.78 is 11.5. The molecule has 4 nitrogen and oxygen atoms in total. The Hall–Kier alpha value is -2.57. The molecule has 1 fully saturated rings. The van der Waals surface area contributed by atoms with Crippen molar-refractivity contribution < 1.29 is 9.47 Å². The molecule has 0 radical (unpaired) electrons. The summed E-state index contributed by atoms with van der Waals surface area (Å²) in [5.41, 5.74) is 0. The lowest BCUT2D eigenvalue weighted by Gasteiger charge is -2.32. The van der Waals surface area contributed by atoms with Crippen molar-refractivity contribution in [2.24, 2.45) is 0 Å². The number of rotatable bonds is 0. The predicted octanol–water partition coefficient (Wildman–Crippen LogP) is 3.23. The van der Waals surface area contributed by atoms with Crippen molar-refractivity contribution >= 4 is 11.8 Å². The lowest BCUT2D eigenvalue weighted by atomic mass is 10.3. The van der Waals surface area contributed by atoms with Crippen LogP contribution in [0.1, 0.15) is 0 Å². The molecule has 5 heterocycles. The van der Waals surface area contributed by atoms with E-state index in [4.69, 9.17) is 9.47 Å². The Bertz CT molecular complexity index is 834. The summed E-state index contributed by atoms with van der Waals surface area (Å²) >= 11 is 1.71. The normalized spacial score (nSPS) is 21.8. The molecule has 5 heteroatoms. The van der Waals surface area contributed by atoms with Crippen LogP contribution < -0.4 is 9.47 Å². The fourth-order valence-electron chi connectivity index (χ4n) is 3.13. The second-order valence-electron chi connectivity index (χ2n) is 6.88. The summed E-state index contributed by atoms with van der Waals surface area (Å²) in [6.45, 7) is 6.54. The number of hydrogen-bond donors (Lipinski definition) is 0. The summed E-state index contributed by atoms with van der Waals surface area (Å²) in [7, 11) is 0. The smallest absolute Gasteiger partial charge is 0.149 e. The lowest BCUT2D eigenvalue weighted by Crippen LogP contribution is -2.46. The van der Waals surface area contributed by atoms with Gasteiger partial charge in [-0.1, -0.05) is 35.4 Å². The zero-order valence-electron chi connectivity index (χ0n) is 16.4. The first-order chi connectivity index (χ1) is 14.3. The first-order valence-electron chi connectivity index (χ1n) is 9.85. The third kappa shape index (κ3) is 6.21. The standard InChI is InChI=1S/C24H24N2O2S/c1-3-19-27-21-5-9-23(10-6-21)29-24-11-7-22(8-12-24)28-20-4-2-14-26-17-15-25(13-1)16-18-26/h5-12H,13-20H2. The quantitative estimate of drug-likeness (QED) is 0.628. The topological polar surface area (TPSA) is 24.9 Å². The number of piperazine rings is 1. The Balaban J connectivity index is 1.44. The van der Waals surface area contributed by atoms with E-state index >= 15 is 0 Å². The van der Waals surface area contributed by atoms with Crippen LogP contribution in [0.4, 0.5) is 0 Å². The molecule has 0 saturated carbocycles. The van der Waals surface area contributed by atoms with Crippen molar-refractivity contribution in [3.8, 4) is 35.2 Å². The number of ether oxygens (including phenoxy) is 2. The Kier molecular flexibility index (Phi) is 6.99. The zero-order valence-corrected chi connectivity index (χ0v) is 17.2. The van der Waals surface area contributed by atoms with E-state index in [0.717, 1.165) is 50.8 Å². The lowest BCUT2D eigenvalue weighted by molar-refractivity contribution is 0.157. The zero-order chi connectivity index (χ0) is 19.7. The van der Waals surface area contributed by atoms with Gasteiger partial charge in [-0.15, -0.1) is 0 Å². The average Bonchev–Trinajstić information content (AvgIpc) is 2.76. The molecule has 0 atom stereocenters. The minimum absolute atomic E-state index is 0.420. The largest absolute Gasteiger partial charge is 0.481 e. The van der Waals surface area contributed by atoms with Crippen LogP contribution in [0.5, 0.6) is 11.5 Å². The molecule has 2 aromatic carbocycles. The predicted molar refractivity (Wildman–Crippen MR) is 116 cm³/mol. The number of benzene rings is 2. The Morgan fingerprint density at radius 1 is 0.586 bits per heavy atom. The summed E-state index contributed by atoms with van der Waals surface area (Å²) in [5, 5.41) is 0. The number of hydrogen-bond acceptors (Lipinski definition) is 5. The molecule has 1 saturated heterocycles. The number of fused-ring (bicyclic) bond motifs is 3. The first-order valence-corrected chi connectivity index (χ1v) is 10.7. The second kappa shape index (κ2) is 10.3. The van der Waals surface area contributed by atoms with Crippen molar-refractivity contribution in [2.45, 2.75) is 9.79 Å². The van der Waals surface area contributed by atoms with E-state index in [9.17, 15) is 0 Å². The van der Waals surface area contributed by atoms with Crippen LogP contribution in [0.15, 0.2) is 58.3 Å². The van der Waals surface area contributed by atoms with Gasteiger partial charge < -0.3 is 9.47 Å².